The summed E-state index contributed by atoms with van der Waals surface area (Å²) >= 11 is 0. The molecule has 6 heterocycles. The number of hydrogen-bond donors (Lipinski definition) is 0. The molecule has 0 spiro atoms. The van der Waals surface area contributed by atoms with Gasteiger partial charge in [-0.1, -0.05) is 180 Å². The van der Waals surface area contributed by atoms with Gasteiger partial charge < -0.3 is 0 Å². The molecule has 6 nitrogen and oxygen atoms in total. The van der Waals surface area contributed by atoms with Crippen molar-refractivity contribution >= 4 is 43.6 Å². The average Bonchev–Trinajstić information content (AvgIpc) is 4.19. The molecule has 12 aromatic rings. The minimum atomic E-state index is -0.0326. The molecule has 0 bridgehead atoms. The maximum atomic E-state index is 5.54. The highest BCUT2D eigenvalue weighted by atomic mass is 15.1. The van der Waals surface area contributed by atoms with Gasteiger partial charge in [0.1, 0.15) is 11.6 Å². The van der Waals surface area contributed by atoms with Crippen LogP contribution in [0.2, 0.25) is 0 Å². The summed E-state index contributed by atoms with van der Waals surface area (Å²) in [5, 5.41) is 4.82. The third-order valence-electron chi connectivity index (χ3n) is 15.6. The van der Waals surface area contributed by atoms with Crippen molar-refractivity contribution in [2.45, 2.75) is 105 Å². The second kappa shape index (κ2) is 18.6. The fourth-order valence-electron chi connectivity index (χ4n) is 11.0. The molecule has 0 saturated heterocycles. The van der Waals surface area contributed by atoms with Crippen molar-refractivity contribution in [1.82, 2.24) is 29.1 Å². The van der Waals surface area contributed by atoms with E-state index >= 15 is 0 Å². The topological polar surface area (TPSA) is 61.4 Å². The predicted molar refractivity (Wildman–Crippen MR) is 328 cm³/mol. The van der Waals surface area contributed by atoms with E-state index in [0.717, 1.165) is 79.0 Å². The Kier molecular flexibility index (Phi) is 12.0. The lowest BCUT2D eigenvalue weighted by Gasteiger charge is -2.19. The Morgan fingerprint density at radius 3 is 1.05 bits per heavy atom. The maximum absolute atomic E-state index is 5.54. The van der Waals surface area contributed by atoms with Crippen molar-refractivity contribution in [3.63, 3.8) is 0 Å². The van der Waals surface area contributed by atoms with Crippen molar-refractivity contribution in [2.75, 3.05) is 0 Å². The van der Waals surface area contributed by atoms with Crippen LogP contribution >= 0.6 is 0 Å². The van der Waals surface area contributed by atoms with Gasteiger partial charge in [0, 0.05) is 32.7 Å². The van der Waals surface area contributed by atoms with Gasteiger partial charge in [-0.05, 0) is 152 Å². The van der Waals surface area contributed by atoms with Gasteiger partial charge in [-0.3, -0.25) is 9.13 Å². The summed E-state index contributed by atoms with van der Waals surface area (Å²) in [6.07, 6.45) is 0. The van der Waals surface area contributed by atoms with Crippen LogP contribution in [-0.2, 0) is 21.7 Å². The zero-order chi connectivity index (χ0) is 54.5. The summed E-state index contributed by atoms with van der Waals surface area (Å²) in [4.78, 5) is 21.8. The average molecular weight is 1020 g/mol. The van der Waals surface area contributed by atoms with Crippen molar-refractivity contribution in [3.8, 4) is 68.1 Å². The monoisotopic (exact) mass is 1020 g/mol. The second-order valence-corrected chi connectivity index (χ2v) is 25.3. The van der Waals surface area contributed by atoms with Gasteiger partial charge in [-0.25, -0.2) is 19.9 Å². The van der Waals surface area contributed by atoms with E-state index in [1.165, 1.54) is 54.9 Å². The molecule has 0 fully saturated rings. The molecular weight excluding hydrogens is 949 g/mol. The Balaban J connectivity index is 1.03. The van der Waals surface area contributed by atoms with Crippen LogP contribution in [0.5, 0.6) is 0 Å². The van der Waals surface area contributed by atoms with Crippen molar-refractivity contribution in [2.24, 2.45) is 0 Å². The van der Waals surface area contributed by atoms with E-state index in [-0.39, 0.29) is 21.7 Å². The third kappa shape index (κ3) is 9.27. The lowest BCUT2D eigenvalue weighted by Crippen LogP contribution is -2.10. The summed E-state index contributed by atoms with van der Waals surface area (Å²) in [5.74, 6) is 1.63. The lowest BCUT2D eigenvalue weighted by atomic mass is 9.85. The van der Waals surface area contributed by atoms with Crippen LogP contribution in [0.25, 0.3) is 112 Å². The van der Waals surface area contributed by atoms with E-state index in [1.807, 2.05) is 6.07 Å². The molecule has 0 radical (unpaired) electrons. The number of benzene rings is 6. The zero-order valence-corrected chi connectivity index (χ0v) is 47.2. The number of nitrogens with zero attached hydrogens (tertiary/aromatic N) is 6. The first kappa shape index (κ1) is 50.3. The van der Waals surface area contributed by atoms with Crippen LogP contribution in [0.3, 0.4) is 0 Å². The van der Waals surface area contributed by atoms with Gasteiger partial charge in [0.25, 0.3) is 0 Å². The molecule has 0 N–H and O–H groups in total. The molecule has 0 unspecified atom stereocenters. The smallest absolute Gasteiger partial charge is 0.138 e. The number of hydrogen-bond acceptors (Lipinski definition) is 4. The Morgan fingerprint density at radius 1 is 0.244 bits per heavy atom. The number of aromatic nitrogens is 6. The number of rotatable bonds is 7. The molecule has 6 aromatic heterocycles. The van der Waals surface area contributed by atoms with Crippen LogP contribution in [0.15, 0.2) is 194 Å². The highest BCUT2D eigenvalue weighted by Crippen LogP contribution is 2.41. The molecule has 0 saturated carbocycles. The van der Waals surface area contributed by atoms with Gasteiger partial charge in [-0.15, -0.1) is 0 Å². The Morgan fingerprint density at radius 2 is 0.603 bits per heavy atom. The second-order valence-electron chi connectivity index (χ2n) is 25.3. The van der Waals surface area contributed by atoms with Gasteiger partial charge in [-0.2, -0.15) is 0 Å². The van der Waals surface area contributed by atoms with E-state index in [1.54, 1.807) is 0 Å². The van der Waals surface area contributed by atoms with E-state index in [4.69, 9.17) is 19.9 Å². The molecule has 0 aliphatic heterocycles. The molecule has 12 rings (SSSR count). The number of fused-ring (bicyclic) bond motifs is 6. The minimum absolute atomic E-state index is 0.00984. The van der Waals surface area contributed by atoms with Crippen LogP contribution in [0, 0.1) is 0 Å². The maximum Gasteiger partial charge on any atom is 0.138 e. The molecule has 6 aromatic carbocycles. The van der Waals surface area contributed by atoms with Gasteiger partial charge in [0.05, 0.1) is 56.2 Å². The molecule has 0 amide bonds. The summed E-state index contributed by atoms with van der Waals surface area (Å²) in [6, 6.07) is 70.1. The standard InChI is InChI=1S/C72H68N6/c1-69(2,3)49-30-27-45(28-31-49)47-29-35-63-53(39-47)54-42-50(70(4,5)6)32-36-64(54)77(63)67-25-17-23-59(75-67)61-40-48(58-22-16-21-57(73-58)46-19-14-13-15-20-46)41-62(74-61)60-24-18-26-68(76-60)78-65-37-33-51(71(7,8)9)43-55(65)56-44-52(72(10,11)12)34-38-66(56)78/h13-44H,1-12H3. The van der Waals surface area contributed by atoms with Crippen molar-refractivity contribution in [1.29, 1.82) is 0 Å². The largest absolute Gasteiger partial charge is 0.294 e. The van der Waals surface area contributed by atoms with Gasteiger partial charge in [0.2, 0.25) is 0 Å². The van der Waals surface area contributed by atoms with E-state index in [0.29, 0.717) is 0 Å². The first-order valence-electron chi connectivity index (χ1n) is 27.5. The van der Waals surface area contributed by atoms with Crippen molar-refractivity contribution in [3.05, 3.63) is 216 Å². The first-order valence-corrected chi connectivity index (χ1v) is 27.5. The summed E-state index contributed by atoms with van der Waals surface area (Å²) in [7, 11) is 0. The Hall–Kier alpha value is -8.48. The van der Waals surface area contributed by atoms with E-state index in [2.05, 4.69) is 280 Å². The van der Waals surface area contributed by atoms with Crippen LogP contribution < -0.4 is 0 Å². The van der Waals surface area contributed by atoms with E-state index < -0.39 is 0 Å². The van der Waals surface area contributed by atoms with Crippen molar-refractivity contribution < 1.29 is 0 Å². The quantitative estimate of drug-likeness (QED) is 0.160. The van der Waals surface area contributed by atoms with Gasteiger partial charge >= 0.3 is 0 Å². The molecule has 6 heteroatoms. The molecule has 78 heavy (non-hydrogen) atoms. The predicted octanol–water partition coefficient (Wildman–Crippen LogP) is 19.0. The SMILES string of the molecule is CC(C)(C)c1ccc(-c2ccc3c(c2)c2cc(C(C)(C)C)ccc2n3-c2cccc(-c3cc(-c4cccc(-c5ccccc5)n4)cc(-c4cccc(-n5c6ccc(C(C)(C)C)cc6c6cc(C(C)(C)C)ccc65)n4)n3)n2)cc1. The Labute approximate surface area is 459 Å². The van der Waals surface area contributed by atoms with Gasteiger partial charge in [0.15, 0.2) is 0 Å². The van der Waals surface area contributed by atoms with E-state index in [9.17, 15) is 0 Å². The molecule has 386 valence electrons. The fourth-order valence-corrected chi connectivity index (χ4v) is 11.0. The highest BCUT2D eigenvalue weighted by molar-refractivity contribution is 6.11. The minimum Gasteiger partial charge on any atom is -0.294 e. The molecule has 0 aliphatic carbocycles. The molecule has 0 atom stereocenters. The molecular formula is C72H68N6. The fraction of sp³-hybridized carbons (Fsp3) is 0.222. The Bertz CT molecular complexity index is 4210. The summed E-state index contributed by atoms with van der Waals surface area (Å²) in [6.45, 7) is 27.3. The summed E-state index contributed by atoms with van der Waals surface area (Å²) < 4.78 is 4.63. The normalized spacial score (nSPS) is 12.6. The lowest BCUT2D eigenvalue weighted by molar-refractivity contribution is 0.590. The third-order valence-corrected chi connectivity index (χ3v) is 15.6. The first-order chi connectivity index (χ1) is 37.2. The molecule has 0 aliphatic rings. The highest BCUT2D eigenvalue weighted by Gasteiger charge is 2.24. The van der Waals surface area contributed by atoms with Crippen LogP contribution in [-0.4, -0.2) is 29.1 Å². The number of pyridine rings is 4. The summed E-state index contributed by atoms with van der Waals surface area (Å²) in [5.41, 5.74) is 18.7. The van der Waals surface area contributed by atoms with Crippen LogP contribution in [0.1, 0.15) is 105 Å². The van der Waals surface area contributed by atoms with Crippen LogP contribution in [0.4, 0.5) is 0 Å². The zero-order valence-electron chi connectivity index (χ0n) is 47.2.